The van der Waals surface area contributed by atoms with Crippen LogP contribution in [0.2, 0.25) is 0 Å². The maximum absolute atomic E-state index is 4.90. The maximum Gasteiger partial charge on any atom is 0.101 e. The second-order valence-electron chi connectivity index (χ2n) is 6.93. The number of para-hydroxylation sites is 2. The number of anilines is 1. The van der Waals surface area contributed by atoms with Gasteiger partial charge in [-0.1, -0.05) is 67.6 Å². The number of hydrazone groups is 1. The van der Waals surface area contributed by atoms with Crippen molar-refractivity contribution in [2.45, 2.75) is 13.3 Å². The lowest BCUT2D eigenvalue weighted by molar-refractivity contribution is 0.979. The van der Waals surface area contributed by atoms with E-state index in [-0.39, 0.29) is 0 Å². The summed E-state index contributed by atoms with van der Waals surface area (Å²) in [5, 5.41) is 6.15. The first-order valence-corrected chi connectivity index (χ1v) is 9.38. The van der Waals surface area contributed by atoms with Gasteiger partial charge < -0.3 is 4.57 Å². The minimum atomic E-state index is 0.976. The molecular weight excluding hydrogens is 330 g/mol. The maximum atomic E-state index is 4.90. The predicted octanol–water partition coefficient (Wildman–Crippen LogP) is 5.59. The Hall–Kier alpha value is -3.33. The fourth-order valence-corrected chi connectivity index (χ4v) is 4.15. The third-order valence-electron chi connectivity index (χ3n) is 5.47. The van der Waals surface area contributed by atoms with Crippen LogP contribution in [0.5, 0.6) is 0 Å². The van der Waals surface area contributed by atoms with Gasteiger partial charge >= 0.3 is 0 Å². The molecule has 3 nitrogen and oxygen atoms in total. The summed E-state index contributed by atoms with van der Waals surface area (Å²) >= 11 is 0. The highest BCUT2D eigenvalue weighted by Crippen LogP contribution is 2.42. The Balaban J connectivity index is 1.73. The summed E-state index contributed by atoms with van der Waals surface area (Å²) in [5.41, 5.74) is 12.8. The molecule has 0 radical (unpaired) electrons. The van der Waals surface area contributed by atoms with Crippen molar-refractivity contribution in [2.24, 2.45) is 12.1 Å². The molecule has 0 amide bonds. The van der Waals surface area contributed by atoms with Gasteiger partial charge in [0.1, 0.15) is 5.71 Å². The third kappa shape index (κ3) is 2.32. The van der Waals surface area contributed by atoms with E-state index in [1.54, 1.807) is 0 Å². The smallest absolute Gasteiger partial charge is 0.101 e. The molecule has 132 valence electrons. The summed E-state index contributed by atoms with van der Waals surface area (Å²) in [6.45, 7) is 2.17. The molecule has 5 rings (SSSR count). The lowest BCUT2D eigenvalue weighted by atomic mass is 10.1. The largest absolute Gasteiger partial charge is 0.343 e. The second kappa shape index (κ2) is 6.13. The van der Waals surface area contributed by atoms with Crippen molar-refractivity contribution in [3.05, 3.63) is 89.5 Å². The van der Waals surface area contributed by atoms with Crippen LogP contribution in [0.1, 0.15) is 23.6 Å². The summed E-state index contributed by atoms with van der Waals surface area (Å²) < 4.78 is 2.28. The van der Waals surface area contributed by atoms with E-state index in [0.29, 0.717) is 0 Å². The molecule has 1 heterocycles. The van der Waals surface area contributed by atoms with E-state index in [4.69, 9.17) is 5.10 Å². The SMILES string of the molecule is CCc1ccccc1N/N=C1\c2ccccc2-c2c1c1ccccc1n2C. The number of nitrogens with one attached hydrogen (secondary N) is 1. The van der Waals surface area contributed by atoms with Crippen molar-refractivity contribution in [1.82, 2.24) is 4.57 Å². The van der Waals surface area contributed by atoms with Crippen LogP contribution >= 0.6 is 0 Å². The molecule has 3 aromatic carbocycles. The number of fused-ring (bicyclic) bond motifs is 5. The lowest BCUT2D eigenvalue weighted by Crippen LogP contribution is -2.03. The van der Waals surface area contributed by atoms with Crippen LogP contribution in [0.3, 0.4) is 0 Å². The van der Waals surface area contributed by atoms with Crippen LogP contribution in [0.25, 0.3) is 22.2 Å². The molecule has 0 fully saturated rings. The van der Waals surface area contributed by atoms with Gasteiger partial charge in [-0.3, -0.25) is 5.43 Å². The molecule has 1 N–H and O–H groups in total. The van der Waals surface area contributed by atoms with E-state index in [9.17, 15) is 0 Å². The van der Waals surface area contributed by atoms with Crippen LogP contribution in [0.4, 0.5) is 5.69 Å². The number of aromatic nitrogens is 1. The zero-order chi connectivity index (χ0) is 18.4. The van der Waals surface area contributed by atoms with Crippen LogP contribution in [-0.4, -0.2) is 10.3 Å². The van der Waals surface area contributed by atoms with Crippen molar-refractivity contribution in [1.29, 1.82) is 0 Å². The molecule has 1 aliphatic carbocycles. The minimum Gasteiger partial charge on any atom is -0.343 e. The molecule has 27 heavy (non-hydrogen) atoms. The molecule has 1 aromatic heterocycles. The molecular formula is C24H21N3. The predicted molar refractivity (Wildman–Crippen MR) is 113 cm³/mol. The summed E-state index contributed by atoms with van der Waals surface area (Å²) in [6.07, 6.45) is 0.976. The number of aryl methyl sites for hydroxylation is 2. The average Bonchev–Trinajstić information content (AvgIpc) is 3.20. The van der Waals surface area contributed by atoms with Crippen molar-refractivity contribution in [3.63, 3.8) is 0 Å². The van der Waals surface area contributed by atoms with Crippen LogP contribution in [-0.2, 0) is 13.5 Å². The first-order chi connectivity index (χ1) is 13.3. The number of nitrogens with zero attached hydrogens (tertiary/aromatic N) is 2. The van der Waals surface area contributed by atoms with Crippen molar-refractivity contribution >= 4 is 22.3 Å². The van der Waals surface area contributed by atoms with Crippen LogP contribution in [0.15, 0.2) is 77.9 Å². The van der Waals surface area contributed by atoms with Crippen LogP contribution < -0.4 is 5.43 Å². The number of rotatable bonds is 3. The first kappa shape index (κ1) is 15.9. The average molecular weight is 351 g/mol. The Bertz CT molecular complexity index is 1200. The Morgan fingerprint density at radius 3 is 2.41 bits per heavy atom. The highest BCUT2D eigenvalue weighted by Gasteiger charge is 2.30. The van der Waals surface area contributed by atoms with E-state index < -0.39 is 0 Å². The zero-order valence-corrected chi connectivity index (χ0v) is 15.5. The van der Waals surface area contributed by atoms with Gasteiger partial charge in [0.15, 0.2) is 0 Å². The molecule has 0 saturated heterocycles. The topological polar surface area (TPSA) is 29.3 Å². The Morgan fingerprint density at radius 1 is 0.852 bits per heavy atom. The molecule has 3 heteroatoms. The lowest BCUT2D eigenvalue weighted by Gasteiger charge is -2.09. The van der Waals surface area contributed by atoms with Crippen molar-refractivity contribution in [2.75, 3.05) is 5.43 Å². The first-order valence-electron chi connectivity index (χ1n) is 9.38. The highest BCUT2D eigenvalue weighted by molar-refractivity contribution is 6.30. The summed E-state index contributed by atoms with van der Waals surface area (Å²) in [4.78, 5) is 0. The van der Waals surface area contributed by atoms with Crippen molar-refractivity contribution < 1.29 is 0 Å². The molecule has 0 aliphatic heterocycles. The number of hydrogen-bond donors (Lipinski definition) is 1. The highest BCUT2D eigenvalue weighted by atomic mass is 15.3. The Morgan fingerprint density at radius 2 is 1.56 bits per heavy atom. The van der Waals surface area contributed by atoms with E-state index in [1.165, 1.54) is 38.9 Å². The molecule has 0 spiro atoms. The van der Waals surface area contributed by atoms with Gasteiger partial charge in [0, 0.05) is 34.6 Å². The molecule has 1 aliphatic rings. The van der Waals surface area contributed by atoms with E-state index in [0.717, 1.165) is 17.8 Å². The zero-order valence-electron chi connectivity index (χ0n) is 15.5. The number of hydrogen-bond acceptors (Lipinski definition) is 2. The van der Waals surface area contributed by atoms with Crippen molar-refractivity contribution in [3.8, 4) is 11.3 Å². The molecule has 0 bridgehead atoms. The van der Waals surface area contributed by atoms with E-state index in [1.807, 2.05) is 6.07 Å². The number of benzene rings is 3. The van der Waals surface area contributed by atoms with Gasteiger partial charge in [0.2, 0.25) is 0 Å². The molecule has 0 atom stereocenters. The Kier molecular flexibility index (Phi) is 3.61. The van der Waals surface area contributed by atoms with Gasteiger partial charge in [0.25, 0.3) is 0 Å². The standard InChI is InChI=1S/C24H21N3/c1-3-16-10-4-8-14-20(16)25-26-23-17-11-5-6-12-18(17)24-22(23)19-13-7-9-15-21(19)27(24)2/h4-15,25H,3H2,1-2H3/b26-23+. The molecule has 0 unspecified atom stereocenters. The molecule has 4 aromatic rings. The summed E-state index contributed by atoms with van der Waals surface area (Å²) in [7, 11) is 2.14. The van der Waals surface area contributed by atoms with Gasteiger partial charge in [-0.2, -0.15) is 5.10 Å². The monoisotopic (exact) mass is 351 g/mol. The van der Waals surface area contributed by atoms with E-state index >= 15 is 0 Å². The third-order valence-corrected chi connectivity index (χ3v) is 5.47. The summed E-state index contributed by atoms with van der Waals surface area (Å²) in [5.74, 6) is 0. The fourth-order valence-electron chi connectivity index (χ4n) is 4.15. The Labute approximate surface area is 159 Å². The summed E-state index contributed by atoms with van der Waals surface area (Å²) in [6, 6.07) is 25.5. The van der Waals surface area contributed by atoms with Gasteiger partial charge in [-0.25, -0.2) is 0 Å². The van der Waals surface area contributed by atoms with Gasteiger partial charge in [-0.15, -0.1) is 0 Å². The normalized spacial score (nSPS) is 13.8. The fraction of sp³-hybridized carbons (Fsp3) is 0.125. The quantitative estimate of drug-likeness (QED) is 0.422. The van der Waals surface area contributed by atoms with E-state index in [2.05, 4.69) is 90.7 Å². The van der Waals surface area contributed by atoms with Crippen LogP contribution in [0, 0.1) is 0 Å². The molecule has 0 saturated carbocycles. The minimum absolute atomic E-state index is 0.976. The van der Waals surface area contributed by atoms with Gasteiger partial charge in [0.05, 0.1) is 11.4 Å². The van der Waals surface area contributed by atoms with Gasteiger partial charge in [-0.05, 0) is 24.1 Å². The second-order valence-corrected chi connectivity index (χ2v) is 6.93.